The van der Waals surface area contributed by atoms with Gasteiger partial charge in [-0.1, -0.05) is 45.3 Å². The average Bonchev–Trinajstić information content (AvgIpc) is 2.78. The standard InChI is InChI=1S/C18H32INO6S2.C8H9NO2/c1-8-9-14(12-15(21)25-17(2,3)4)13-20(16(22)26-18(5,6)7)28(23,24)11-10-27-19;9-8(10)11-6-7-4-2-1-3-5-7/h8,14H,1,9-13H2,2-7H3;1-5H,6H2,(H2,9,10). The van der Waals surface area contributed by atoms with Gasteiger partial charge in [0, 0.05) is 12.3 Å². The summed E-state index contributed by atoms with van der Waals surface area (Å²) in [5, 5.41) is 0. The third kappa shape index (κ3) is 18.8. The van der Waals surface area contributed by atoms with E-state index in [0.717, 1.165) is 9.87 Å². The van der Waals surface area contributed by atoms with Crippen molar-refractivity contribution in [3.63, 3.8) is 0 Å². The maximum atomic E-state index is 12.7. The third-order valence-corrected chi connectivity index (χ3v) is 8.00. The molecule has 10 nitrogen and oxygen atoms in total. The Hall–Kier alpha value is -2.00. The number of benzene rings is 1. The SMILES string of the molecule is C=CCC(CC(=O)OC(C)(C)C)CN(C(=O)OC(C)(C)C)S(=O)(=O)CCSI.NC(=O)OCc1ccccc1. The monoisotopic (exact) mass is 700 g/mol. The highest BCUT2D eigenvalue weighted by Gasteiger charge is 2.34. The Kier molecular flexibility index (Phi) is 16.7. The predicted molar refractivity (Wildman–Crippen MR) is 163 cm³/mol. The van der Waals surface area contributed by atoms with Crippen LogP contribution in [0, 0.1) is 5.92 Å². The van der Waals surface area contributed by atoms with Gasteiger partial charge in [-0.05, 0) is 80.7 Å². The number of hydrogen-bond donors (Lipinski definition) is 1. The van der Waals surface area contributed by atoms with Crippen molar-refractivity contribution in [2.24, 2.45) is 11.7 Å². The van der Waals surface area contributed by atoms with E-state index in [1.807, 2.05) is 51.5 Å². The van der Waals surface area contributed by atoms with E-state index in [2.05, 4.69) is 11.3 Å². The molecule has 13 heteroatoms. The summed E-state index contributed by atoms with van der Waals surface area (Å²) in [6.45, 7) is 14.0. The largest absolute Gasteiger partial charge is 0.460 e. The Balaban J connectivity index is 0.00000108. The lowest BCUT2D eigenvalue weighted by atomic mass is 10.0. The molecule has 0 saturated heterocycles. The molecule has 1 rings (SSSR count). The molecular formula is C26H41IN2O8S2. The van der Waals surface area contributed by atoms with Gasteiger partial charge in [-0.25, -0.2) is 22.3 Å². The molecule has 0 aliphatic rings. The van der Waals surface area contributed by atoms with Crippen molar-refractivity contribution in [3.8, 4) is 0 Å². The van der Waals surface area contributed by atoms with Crippen LogP contribution in [-0.4, -0.2) is 60.1 Å². The molecule has 0 fully saturated rings. The Morgan fingerprint density at radius 2 is 1.64 bits per heavy atom. The van der Waals surface area contributed by atoms with Gasteiger partial charge in [0.2, 0.25) is 10.0 Å². The number of sulfonamides is 1. The smallest absolute Gasteiger partial charge is 0.424 e. The van der Waals surface area contributed by atoms with Crippen LogP contribution >= 0.6 is 30.1 Å². The average molecular weight is 701 g/mol. The van der Waals surface area contributed by atoms with Crippen LogP contribution < -0.4 is 5.73 Å². The fraction of sp³-hybridized carbons (Fsp3) is 0.577. The van der Waals surface area contributed by atoms with Crippen molar-refractivity contribution in [3.05, 3.63) is 48.6 Å². The number of primary amides is 1. The van der Waals surface area contributed by atoms with Crippen LogP contribution in [0.3, 0.4) is 0 Å². The van der Waals surface area contributed by atoms with Crippen LogP contribution in [0.15, 0.2) is 43.0 Å². The third-order valence-electron chi connectivity index (χ3n) is 4.37. The normalized spacial score (nSPS) is 12.3. The maximum absolute atomic E-state index is 12.7. The van der Waals surface area contributed by atoms with E-state index >= 15 is 0 Å². The Morgan fingerprint density at radius 1 is 1.08 bits per heavy atom. The Labute approximate surface area is 249 Å². The lowest BCUT2D eigenvalue weighted by Crippen LogP contribution is -2.45. The zero-order valence-electron chi connectivity index (χ0n) is 23.5. The minimum absolute atomic E-state index is 0.0286. The molecule has 0 aliphatic heterocycles. The molecule has 0 aromatic heterocycles. The van der Waals surface area contributed by atoms with E-state index < -0.39 is 45.3 Å². The van der Waals surface area contributed by atoms with Gasteiger partial charge in [-0.2, -0.15) is 0 Å². The van der Waals surface area contributed by atoms with E-state index in [-0.39, 0.29) is 25.3 Å². The molecule has 0 aliphatic carbocycles. The molecule has 0 bridgehead atoms. The minimum atomic E-state index is -3.89. The van der Waals surface area contributed by atoms with E-state index in [0.29, 0.717) is 12.2 Å². The first-order chi connectivity index (χ1) is 17.9. The van der Waals surface area contributed by atoms with Gasteiger partial charge < -0.3 is 19.9 Å². The first-order valence-electron chi connectivity index (χ1n) is 12.2. The van der Waals surface area contributed by atoms with Crippen molar-refractivity contribution in [2.45, 2.75) is 72.2 Å². The fourth-order valence-electron chi connectivity index (χ4n) is 2.90. The van der Waals surface area contributed by atoms with Crippen LogP contribution in [0.1, 0.15) is 59.9 Å². The Morgan fingerprint density at radius 3 is 2.10 bits per heavy atom. The van der Waals surface area contributed by atoms with E-state index in [4.69, 9.17) is 15.2 Å². The van der Waals surface area contributed by atoms with Crippen LogP contribution in [0.25, 0.3) is 0 Å². The summed E-state index contributed by atoms with van der Waals surface area (Å²) in [5.41, 5.74) is 4.22. The summed E-state index contributed by atoms with van der Waals surface area (Å²) in [7, 11) is -2.56. The highest BCUT2D eigenvalue weighted by Crippen LogP contribution is 2.22. The fourth-order valence-corrected chi connectivity index (χ4v) is 6.54. The van der Waals surface area contributed by atoms with E-state index in [1.54, 1.807) is 47.6 Å². The van der Waals surface area contributed by atoms with Crippen molar-refractivity contribution in [2.75, 3.05) is 18.1 Å². The number of hydrogen-bond acceptors (Lipinski definition) is 9. The molecule has 1 aromatic carbocycles. The number of carbonyl (C=O) groups excluding carboxylic acids is 3. The Bertz CT molecular complexity index is 1020. The van der Waals surface area contributed by atoms with Crippen molar-refractivity contribution in [1.82, 2.24) is 4.31 Å². The zero-order valence-corrected chi connectivity index (χ0v) is 27.3. The molecule has 0 spiro atoms. The van der Waals surface area contributed by atoms with Gasteiger partial charge in [0.05, 0.1) is 12.2 Å². The number of halogens is 1. The second kappa shape index (κ2) is 17.6. The van der Waals surface area contributed by atoms with E-state index in [1.165, 1.54) is 8.93 Å². The van der Waals surface area contributed by atoms with Crippen molar-refractivity contribution < 1.29 is 37.0 Å². The molecule has 1 atom stereocenters. The lowest BCUT2D eigenvalue weighted by molar-refractivity contribution is -0.156. The molecule has 1 aromatic rings. The van der Waals surface area contributed by atoms with Gasteiger partial charge in [0.1, 0.15) is 17.8 Å². The summed E-state index contributed by atoms with van der Waals surface area (Å²) in [6.07, 6.45) is 0.238. The molecule has 1 unspecified atom stereocenters. The molecule has 39 heavy (non-hydrogen) atoms. The van der Waals surface area contributed by atoms with E-state index in [9.17, 15) is 22.8 Å². The number of allylic oxidation sites excluding steroid dienone is 1. The molecule has 0 saturated carbocycles. The number of rotatable bonds is 12. The number of esters is 1. The highest BCUT2D eigenvalue weighted by atomic mass is 127. The molecular weight excluding hydrogens is 659 g/mol. The van der Waals surface area contributed by atoms with Gasteiger partial charge in [0.15, 0.2) is 0 Å². The van der Waals surface area contributed by atoms with Crippen LogP contribution in [0.2, 0.25) is 0 Å². The van der Waals surface area contributed by atoms with Crippen LogP contribution in [0.5, 0.6) is 0 Å². The first kappa shape index (κ1) is 37.0. The summed E-state index contributed by atoms with van der Waals surface area (Å²) in [4.78, 5) is 35.0. The van der Waals surface area contributed by atoms with Gasteiger partial charge in [-0.3, -0.25) is 4.79 Å². The number of nitrogens with zero attached hydrogens (tertiary/aromatic N) is 1. The van der Waals surface area contributed by atoms with Gasteiger partial charge in [0.25, 0.3) is 0 Å². The first-order valence-corrected chi connectivity index (χ1v) is 17.3. The molecule has 2 amide bonds. The summed E-state index contributed by atoms with van der Waals surface area (Å²) in [5.74, 6) is -0.779. The molecule has 2 N–H and O–H groups in total. The second-order valence-electron chi connectivity index (χ2n) is 10.4. The summed E-state index contributed by atoms with van der Waals surface area (Å²) in [6, 6.07) is 9.37. The maximum Gasteiger partial charge on any atom is 0.424 e. The van der Waals surface area contributed by atoms with Crippen molar-refractivity contribution >= 4 is 58.3 Å². The van der Waals surface area contributed by atoms with Crippen molar-refractivity contribution in [1.29, 1.82) is 0 Å². The number of carbonyl (C=O) groups is 3. The molecule has 0 radical (unpaired) electrons. The van der Waals surface area contributed by atoms with Crippen LogP contribution in [-0.2, 0) is 35.6 Å². The predicted octanol–water partition coefficient (Wildman–Crippen LogP) is 5.84. The lowest BCUT2D eigenvalue weighted by Gasteiger charge is -2.29. The number of nitrogens with two attached hydrogens (primary N) is 1. The van der Waals surface area contributed by atoms with Gasteiger partial charge >= 0.3 is 18.2 Å². The van der Waals surface area contributed by atoms with Crippen LogP contribution in [0.4, 0.5) is 9.59 Å². The topological polar surface area (TPSA) is 142 Å². The minimum Gasteiger partial charge on any atom is -0.460 e. The summed E-state index contributed by atoms with van der Waals surface area (Å²) >= 11 is 2.00. The quantitative estimate of drug-likeness (QED) is 0.123. The number of ether oxygens (including phenoxy) is 3. The molecule has 0 heterocycles. The highest BCUT2D eigenvalue weighted by molar-refractivity contribution is 14.2. The second-order valence-corrected chi connectivity index (χ2v) is 14.9. The number of amides is 2. The zero-order chi connectivity index (χ0) is 30.3. The van der Waals surface area contributed by atoms with Gasteiger partial charge in [-0.15, -0.1) is 6.58 Å². The molecule has 222 valence electrons. The summed E-state index contributed by atoms with van der Waals surface area (Å²) < 4.78 is 41.4.